The van der Waals surface area contributed by atoms with Gasteiger partial charge in [0, 0.05) is 30.0 Å². The summed E-state index contributed by atoms with van der Waals surface area (Å²) in [6.07, 6.45) is 2.81. The zero-order valence-corrected chi connectivity index (χ0v) is 15.1. The Morgan fingerprint density at radius 3 is 2.81 bits per heavy atom. The molecule has 0 unspecified atom stereocenters. The summed E-state index contributed by atoms with van der Waals surface area (Å²) in [6.45, 7) is 8.48. The van der Waals surface area contributed by atoms with Crippen molar-refractivity contribution in [3.63, 3.8) is 0 Å². The minimum absolute atomic E-state index is 0.122. The van der Waals surface area contributed by atoms with Crippen LogP contribution in [0.1, 0.15) is 34.0 Å². The minimum Gasteiger partial charge on any atom is -0.384 e. The fraction of sp³-hybridized carbons (Fsp3) is 0.227. The summed E-state index contributed by atoms with van der Waals surface area (Å²) in [6, 6.07) is 16.1. The van der Waals surface area contributed by atoms with Gasteiger partial charge in [0.2, 0.25) is 0 Å². The summed E-state index contributed by atoms with van der Waals surface area (Å²) in [7, 11) is 0. The molecule has 1 aliphatic rings. The SMILES string of the molecule is C=C(/C=C(/C)NCc1ccccc1)NC(=O)c1ccc2c(c1)CCNC2. The van der Waals surface area contributed by atoms with Crippen molar-refractivity contribution < 1.29 is 4.79 Å². The van der Waals surface area contributed by atoms with E-state index in [9.17, 15) is 4.79 Å². The van der Waals surface area contributed by atoms with Crippen LogP contribution in [0.25, 0.3) is 0 Å². The van der Waals surface area contributed by atoms with Crippen LogP contribution in [0.2, 0.25) is 0 Å². The Morgan fingerprint density at radius 2 is 2.00 bits per heavy atom. The molecule has 0 aliphatic carbocycles. The van der Waals surface area contributed by atoms with Gasteiger partial charge in [-0.2, -0.15) is 0 Å². The molecule has 2 aromatic rings. The molecule has 0 spiro atoms. The van der Waals surface area contributed by atoms with Crippen molar-refractivity contribution in [2.45, 2.75) is 26.4 Å². The molecule has 3 N–H and O–H groups in total. The van der Waals surface area contributed by atoms with Crippen molar-refractivity contribution in [1.29, 1.82) is 0 Å². The van der Waals surface area contributed by atoms with Crippen LogP contribution in [0.3, 0.4) is 0 Å². The topological polar surface area (TPSA) is 53.2 Å². The maximum atomic E-state index is 12.5. The van der Waals surface area contributed by atoms with Crippen molar-refractivity contribution >= 4 is 5.91 Å². The Kier molecular flexibility index (Phi) is 5.87. The molecule has 0 atom stereocenters. The number of benzene rings is 2. The van der Waals surface area contributed by atoms with E-state index in [1.54, 1.807) is 0 Å². The second-order valence-electron chi connectivity index (χ2n) is 6.56. The first kappa shape index (κ1) is 18.0. The zero-order chi connectivity index (χ0) is 18.4. The third-order valence-electron chi connectivity index (χ3n) is 4.43. The smallest absolute Gasteiger partial charge is 0.255 e. The number of nitrogens with one attached hydrogen (secondary N) is 3. The van der Waals surface area contributed by atoms with Crippen LogP contribution in [0.4, 0.5) is 0 Å². The van der Waals surface area contributed by atoms with Crippen molar-refractivity contribution in [1.82, 2.24) is 16.0 Å². The highest BCUT2D eigenvalue weighted by molar-refractivity contribution is 5.95. The molecule has 0 bridgehead atoms. The van der Waals surface area contributed by atoms with E-state index in [1.165, 1.54) is 16.7 Å². The van der Waals surface area contributed by atoms with Crippen LogP contribution in [-0.2, 0) is 19.5 Å². The molecule has 1 aliphatic heterocycles. The zero-order valence-electron chi connectivity index (χ0n) is 15.1. The van der Waals surface area contributed by atoms with Crippen LogP contribution in [0.15, 0.2) is 72.6 Å². The first-order valence-electron chi connectivity index (χ1n) is 8.91. The normalized spacial score (nSPS) is 13.7. The van der Waals surface area contributed by atoms with Crippen LogP contribution in [0, 0.1) is 0 Å². The highest BCUT2D eigenvalue weighted by Crippen LogP contribution is 2.16. The first-order chi connectivity index (χ1) is 12.6. The fourth-order valence-corrected chi connectivity index (χ4v) is 3.02. The Morgan fingerprint density at radius 1 is 1.19 bits per heavy atom. The van der Waals surface area contributed by atoms with Crippen molar-refractivity contribution in [2.75, 3.05) is 6.54 Å². The summed E-state index contributed by atoms with van der Waals surface area (Å²) < 4.78 is 0. The Hall–Kier alpha value is -2.85. The number of carbonyl (C=O) groups excluding carboxylic acids is 1. The largest absolute Gasteiger partial charge is 0.384 e. The predicted octanol–water partition coefficient (Wildman–Crippen LogP) is 3.27. The van der Waals surface area contributed by atoms with Gasteiger partial charge in [-0.05, 0) is 54.8 Å². The molecule has 4 heteroatoms. The number of hydrogen-bond acceptors (Lipinski definition) is 3. The van der Waals surface area contributed by atoms with E-state index < -0.39 is 0 Å². The van der Waals surface area contributed by atoms with E-state index in [1.807, 2.05) is 49.4 Å². The van der Waals surface area contributed by atoms with Gasteiger partial charge in [0.25, 0.3) is 5.91 Å². The molecular formula is C22H25N3O. The number of allylic oxidation sites excluding steroid dienone is 2. The molecule has 1 heterocycles. The van der Waals surface area contributed by atoms with Gasteiger partial charge in [-0.15, -0.1) is 0 Å². The lowest BCUT2D eigenvalue weighted by Gasteiger charge is -2.17. The molecule has 4 nitrogen and oxygen atoms in total. The van der Waals surface area contributed by atoms with Gasteiger partial charge in [0.1, 0.15) is 0 Å². The summed E-state index contributed by atoms with van der Waals surface area (Å²) in [5.74, 6) is -0.122. The van der Waals surface area contributed by atoms with Crippen molar-refractivity contribution in [3.8, 4) is 0 Å². The maximum absolute atomic E-state index is 12.5. The van der Waals surface area contributed by atoms with E-state index >= 15 is 0 Å². The van der Waals surface area contributed by atoms with Crippen molar-refractivity contribution in [2.24, 2.45) is 0 Å². The highest BCUT2D eigenvalue weighted by Gasteiger charge is 2.12. The minimum atomic E-state index is -0.122. The number of rotatable bonds is 6. The Labute approximate surface area is 155 Å². The molecule has 3 rings (SSSR count). The van der Waals surface area contributed by atoms with Crippen LogP contribution >= 0.6 is 0 Å². The Bertz CT molecular complexity index is 825. The molecular weight excluding hydrogens is 322 g/mol. The third kappa shape index (κ3) is 4.83. The second kappa shape index (κ2) is 8.50. The van der Waals surface area contributed by atoms with Crippen molar-refractivity contribution in [3.05, 3.63) is 94.8 Å². The van der Waals surface area contributed by atoms with Gasteiger partial charge in [-0.25, -0.2) is 0 Å². The van der Waals surface area contributed by atoms with E-state index in [-0.39, 0.29) is 5.91 Å². The summed E-state index contributed by atoms with van der Waals surface area (Å²) in [4.78, 5) is 12.5. The number of hydrogen-bond donors (Lipinski definition) is 3. The fourth-order valence-electron chi connectivity index (χ4n) is 3.02. The lowest BCUT2D eigenvalue weighted by atomic mass is 9.98. The summed E-state index contributed by atoms with van der Waals surface area (Å²) in [5.41, 5.74) is 5.93. The van der Waals surface area contributed by atoms with Gasteiger partial charge in [0.15, 0.2) is 0 Å². The predicted molar refractivity (Wildman–Crippen MR) is 105 cm³/mol. The second-order valence-corrected chi connectivity index (χ2v) is 6.56. The van der Waals surface area contributed by atoms with Gasteiger partial charge in [-0.1, -0.05) is 43.0 Å². The average Bonchev–Trinajstić information content (AvgIpc) is 2.66. The van der Waals surface area contributed by atoms with Gasteiger partial charge in [0.05, 0.1) is 0 Å². The third-order valence-corrected chi connectivity index (χ3v) is 4.43. The molecule has 0 saturated carbocycles. The standard InChI is InChI=1S/C22H25N3O/c1-16(24-14-18-6-4-3-5-7-18)12-17(2)25-22(26)20-8-9-21-15-23-11-10-19(21)13-20/h3-9,12-13,23-24H,2,10-11,14-15H2,1H3,(H,25,26)/b16-12-. The molecule has 0 radical (unpaired) electrons. The van der Waals surface area contributed by atoms with Crippen LogP contribution < -0.4 is 16.0 Å². The van der Waals surface area contributed by atoms with E-state index in [0.717, 1.165) is 31.8 Å². The molecule has 1 amide bonds. The molecule has 2 aromatic carbocycles. The van der Waals surface area contributed by atoms with Crippen LogP contribution in [-0.4, -0.2) is 12.5 Å². The lowest BCUT2D eigenvalue weighted by molar-refractivity contribution is 0.0967. The highest BCUT2D eigenvalue weighted by atomic mass is 16.1. The maximum Gasteiger partial charge on any atom is 0.255 e. The molecule has 134 valence electrons. The van der Waals surface area contributed by atoms with Crippen LogP contribution in [0.5, 0.6) is 0 Å². The van der Waals surface area contributed by atoms with E-state index in [2.05, 4.69) is 34.7 Å². The van der Waals surface area contributed by atoms with Gasteiger partial charge in [-0.3, -0.25) is 4.79 Å². The monoisotopic (exact) mass is 347 g/mol. The summed E-state index contributed by atoms with van der Waals surface area (Å²) >= 11 is 0. The first-order valence-corrected chi connectivity index (χ1v) is 8.91. The quantitative estimate of drug-likeness (QED) is 0.703. The van der Waals surface area contributed by atoms with Gasteiger partial charge >= 0.3 is 0 Å². The summed E-state index contributed by atoms with van der Waals surface area (Å²) in [5, 5.41) is 9.53. The van der Waals surface area contributed by atoms with E-state index in [0.29, 0.717) is 11.3 Å². The molecule has 0 saturated heterocycles. The molecule has 0 aromatic heterocycles. The van der Waals surface area contributed by atoms with Gasteiger partial charge < -0.3 is 16.0 Å². The lowest BCUT2D eigenvalue weighted by Crippen LogP contribution is -2.26. The Balaban J connectivity index is 1.56. The number of fused-ring (bicyclic) bond motifs is 1. The van der Waals surface area contributed by atoms with E-state index in [4.69, 9.17) is 0 Å². The molecule has 26 heavy (non-hydrogen) atoms. The number of amides is 1. The number of carbonyl (C=O) groups is 1. The molecule has 0 fully saturated rings. The average molecular weight is 347 g/mol.